The highest BCUT2D eigenvalue weighted by atomic mass is 33.1. The first-order chi connectivity index (χ1) is 23.8. The number of benzene rings is 3. The summed E-state index contributed by atoms with van der Waals surface area (Å²) in [5.74, 6) is 1.34. The van der Waals surface area contributed by atoms with Gasteiger partial charge < -0.3 is 25.6 Å². The lowest BCUT2D eigenvalue weighted by Crippen LogP contribution is -2.58. The second kappa shape index (κ2) is 20.6. The Bertz CT molecular complexity index is 1440. The number of carbonyl (C=O) groups is 3. The minimum absolute atomic E-state index is 0.0552. The third kappa shape index (κ3) is 12.9. The van der Waals surface area contributed by atoms with E-state index in [1.165, 1.54) is 4.90 Å². The van der Waals surface area contributed by atoms with Crippen molar-refractivity contribution in [2.75, 3.05) is 24.6 Å². The van der Waals surface area contributed by atoms with E-state index in [-0.39, 0.29) is 36.9 Å². The second-order valence-electron chi connectivity index (χ2n) is 12.4. The van der Waals surface area contributed by atoms with Crippen LogP contribution in [0, 0.1) is 0 Å². The monoisotopic (exact) mass is 707 g/mol. The zero-order valence-electron chi connectivity index (χ0n) is 28.1. The summed E-state index contributed by atoms with van der Waals surface area (Å²) >= 11 is 0. The largest absolute Gasteiger partial charge is 0.508 e. The van der Waals surface area contributed by atoms with Gasteiger partial charge in [-0.15, -0.1) is 0 Å². The minimum Gasteiger partial charge on any atom is -0.508 e. The van der Waals surface area contributed by atoms with Crippen LogP contribution >= 0.6 is 21.6 Å². The molecular weight excluding hydrogens is 659 g/mol. The van der Waals surface area contributed by atoms with E-state index in [1.54, 1.807) is 53.4 Å². The fourth-order valence-corrected chi connectivity index (χ4v) is 8.20. The van der Waals surface area contributed by atoms with Crippen LogP contribution in [0.4, 0.5) is 4.79 Å². The van der Waals surface area contributed by atoms with Crippen molar-refractivity contribution in [1.29, 1.82) is 0 Å². The number of nitrogens with zero attached hydrogens (tertiary/aromatic N) is 2. The van der Waals surface area contributed by atoms with E-state index in [0.29, 0.717) is 25.9 Å². The van der Waals surface area contributed by atoms with E-state index in [0.717, 1.165) is 66.7 Å². The highest BCUT2D eigenvalue weighted by Crippen LogP contribution is 2.26. The van der Waals surface area contributed by atoms with E-state index >= 15 is 0 Å². The summed E-state index contributed by atoms with van der Waals surface area (Å²) in [6, 6.07) is 20.6. The van der Waals surface area contributed by atoms with Gasteiger partial charge in [-0.25, -0.2) is 4.79 Å². The third-order valence-electron chi connectivity index (χ3n) is 8.66. The van der Waals surface area contributed by atoms with Gasteiger partial charge in [0.15, 0.2) is 0 Å². The molecule has 0 aliphatic carbocycles. The summed E-state index contributed by atoms with van der Waals surface area (Å²) in [6.07, 6.45) is 7.03. The summed E-state index contributed by atoms with van der Waals surface area (Å²) in [5, 5.41) is 19.8. The van der Waals surface area contributed by atoms with E-state index in [4.69, 9.17) is 10.5 Å². The molecule has 49 heavy (non-hydrogen) atoms. The van der Waals surface area contributed by atoms with Crippen molar-refractivity contribution in [1.82, 2.24) is 9.80 Å². The number of hydrogen-bond acceptors (Lipinski definition) is 8. The molecule has 0 bridgehead atoms. The molecule has 4 rings (SSSR count). The first-order valence-electron chi connectivity index (χ1n) is 17.2. The fourth-order valence-electron chi connectivity index (χ4n) is 5.90. The summed E-state index contributed by atoms with van der Waals surface area (Å²) in [5.41, 5.74) is 8.37. The molecule has 0 saturated carbocycles. The number of phenolic OH excluding ortho intramolecular Hbond substituents is 2. The van der Waals surface area contributed by atoms with Gasteiger partial charge in [-0.1, -0.05) is 102 Å². The topological polar surface area (TPSA) is 133 Å². The van der Waals surface area contributed by atoms with Crippen molar-refractivity contribution in [2.45, 2.75) is 82.9 Å². The molecule has 0 spiro atoms. The number of nitrogens with two attached hydrogens (primary N) is 1. The van der Waals surface area contributed by atoms with Crippen LogP contribution in [0.5, 0.6) is 11.5 Å². The van der Waals surface area contributed by atoms with Crippen molar-refractivity contribution in [3.8, 4) is 11.5 Å². The Morgan fingerprint density at radius 2 is 1.29 bits per heavy atom. The van der Waals surface area contributed by atoms with Crippen LogP contribution in [0.1, 0.15) is 68.1 Å². The Labute approximate surface area is 298 Å². The maximum Gasteiger partial charge on any atom is 0.410 e. The Morgan fingerprint density at radius 3 is 1.88 bits per heavy atom. The van der Waals surface area contributed by atoms with Crippen LogP contribution < -0.4 is 5.73 Å². The van der Waals surface area contributed by atoms with E-state index in [9.17, 15) is 24.6 Å². The maximum absolute atomic E-state index is 15.0. The van der Waals surface area contributed by atoms with Crippen LogP contribution in [-0.2, 0) is 33.8 Å². The van der Waals surface area contributed by atoms with Gasteiger partial charge >= 0.3 is 6.09 Å². The molecule has 11 heteroatoms. The first-order valence-corrected chi connectivity index (χ1v) is 19.7. The summed E-state index contributed by atoms with van der Waals surface area (Å²) in [4.78, 5) is 45.2. The smallest absolute Gasteiger partial charge is 0.410 e. The molecule has 1 heterocycles. The molecule has 3 aromatic carbocycles. The zero-order chi connectivity index (χ0) is 34.8. The van der Waals surface area contributed by atoms with Crippen molar-refractivity contribution in [2.24, 2.45) is 5.73 Å². The number of hydrogen-bond donors (Lipinski definition) is 3. The minimum atomic E-state index is -0.986. The molecule has 1 aliphatic rings. The molecule has 3 aromatic rings. The number of primary amides is 1. The van der Waals surface area contributed by atoms with E-state index < -0.39 is 24.1 Å². The first kappa shape index (κ1) is 38.0. The number of amides is 3. The van der Waals surface area contributed by atoms with Gasteiger partial charge in [-0.2, -0.15) is 0 Å². The highest BCUT2D eigenvalue weighted by molar-refractivity contribution is 8.76. The molecule has 1 saturated heterocycles. The van der Waals surface area contributed by atoms with Gasteiger partial charge in [0.2, 0.25) is 11.8 Å². The van der Waals surface area contributed by atoms with Gasteiger partial charge in [0.1, 0.15) is 30.2 Å². The lowest BCUT2D eigenvalue weighted by Gasteiger charge is -2.37. The molecule has 2 atom stereocenters. The fraction of sp³-hybridized carbons (Fsp3) is 0.447. The number of aromatic hydroxyl groups is 2. The molecular formula is C38H49N3O6S2. The van der Waals surface area contributed by atoms with Crippen molar-refractivity contribution >= 4 is 39.5 Å². The second-order valence-corrected chi connectivity index (χ2v) is 15.1. The van der Waals surface area contributed by atoms with Gasteiger partial charge in [0.25, 0.3) is 0 Å². The summed E-state index contributed by atoms with van der Waals surface area (Å²) in [7, 11) is 3.82. The molecule has 1 fully saturated rings. The lowest BCUT2D eigenvalue weighted by atomic mass is 9.98. The predicted octanol–water partition coefficient (Wildman–Crippen LogP) is 7.09. The average molecular weight is 708 g/mol. The van der Waals surface area contributed by atoms with E-state index in [2.05, 4.69) is 0 Å². The molecule has 9 nitrogen and oxygen atoms in total. The molecule has 3 amide bonds. The highest BCUT2D eigenvalue weighted by Gasteiger charge is 2.38. The van der Waals surface area contributed by atoms with E-state index in [1.807, 2.05) is 51.9 Å². The van der Waals surface area contributed by atoms with Crippen LogP contribution in [0.3, 0.4) is 0 Å². The van der Waals surface area contributed by atoms with Crippen molar-refractivity contribution in [3.05, 3.63) is 95.6 Å². The lowest BCUT2D eigenvalue weighted by molar-refractivity contribution is -0.143. The number of carbonyl (C=O) groups excluding carboxylic acids is 3. The molecule has 0 aromatic heterocycles. The van der Waals surface area contributed by atoms with Crippen molar-refractivity contribution < 1.29 is 29.3 Å². The van der Waals surface area contributed by atoms with Gasteiger partial charge in [-0.3, -0.25) is 14.5 Å². The quantitative estimate of drug-likeness (QED) is 0.212. The number of phenols is 2. The Kier molecular flexibility index (Phi) is 16.0. The van der Waals surface area contributed by atoms with Gasteiger partial charge in [-0.05, 0) is 66.6 Å². The van der Waals surface area contributed by atoms with Crippen LogP contribution in [-0.4, -0.2) is 74.6 Å². The Balaban J connectivity index is 1.71. The van der Waals surface area contributed by atoms with Crippen LogP contribution in [0.2, 0.25) is 0 Å². The normalized spacial score (nSPS) is 18.2. The third-order valence-corrected chi connectivity index (χ3v) is 11.2. The molecule has 0 radical (unpaired) electrons. The molecule has 264 valence electrons. The number of rotatable bonds is 8. The average Bonchev–Trinajstić information content (AvgIpc) is 3.10. The predicted molar refractivity (Wildman–Crippen MR) is 197 cm³/mol. The summed E-state index contributed by atoms with van der Waals surface area (Å²) in [6.45, 7) is 0.655. The van der Waals surface area contributed by atoms with Crippen LogP contribution in [0.25, 0.3) is 0 Å². The van der Waals surface area contributed by atoms with Crippen LogP contribution in [0.15, 0.2) is 78.9 Å². The van der Waals surface area contributed by atoms with Gasteiger partial charge in [0, 0.05) is 37.4 Å². The Hall–Kier alpha value is -3.83. The van der Waals surface area contributed by atoms with Crippen molar-refractivity contribution in [3.63, 3.8) is 0 Å². The Morgan fingerprint density at radius 1 is 0.735 bits per heavy atom. The SMILES string of the molecule is NC(=O)C(Cc1ccc(O)cc1)N1CCCCCCSSCCCCCCN(C(=O)OCc2ccccc2)C(Cc2ccc(O)cc2)C1=O. The zero-order valence-corrected chi connectivity index (χ0v) is 29.7. The molecule has 4 N–H and O–H groups in total. The number of ether oxygens (including phenoxy) is 1. The summed E-state index contributed by atoms with van der Waals surface area (Å²) < 4.78 is 5.84. The molecule has 1 aliphatic heterocycles. The molecule has 2 unspecified atom stereocenters. The standard InChI is InChI=1S/C38H49N3O6S2/c39-36(44)34(26-29-14-18-32(42)19-15-29)40-22-8-1-3-10-24-48-49-25-11-4-2-9-23-41(38(46)47-28-31-12-6-5-7-13-31)35(37(40)45)27-30-16-20-33(43)21-17-30/h5-7,12-21,34-35,42-43H,1-4,8-11,22-28H2,(H2,39,44). The maximum atomic E-state index is 15.0. The van der Waals surface area contributed by atoms with Gasteiger partial charge in [0.05, 0.1) is 0 Å².